The van der Waals surface area contributed by atoms with Crippen molar-refractivity contribution in [3.05, 3.63) is 0 Å². The van der Waals surface area contributed by atoms with Crippen LogP contribution in [0.1, 0.15) is 26.2 Å². The van der Waals surface area contributed by atoms with Crippen LogP contribution in [0.3, 0.4) is 0 Å². The number of carbonyl (C=O) groups excluding carboxylic acids is 2. The van der Waals surface area contributed by atoms with E-state index < -0.39 is 23.9 Å². The summed E-state index contributed by atoms with van der Waals surface area (Å²) >= 11 is 1.69. The van der Waals surface area contributed by atoms with E-state index in [4.69, 9.17) is 10.8 Å². The molecule has 0 radical (unpaired) electrons. The maximum absolute atomic E-state index is 11.5. The highest BCUT2D eigenvalue weighted by atomic mass is 32.2. The fourth-order valence-corrected chi connectivity index (χ4v) is 1.61. The Morgan fingerprint density at radius 2 is 1.95 bits per heavy atom. The number of aliphatic carboxylic acids is 1. The molecule has 2 unspecified atom stereocenters. The Morgan fingerprint density at radius 1 is 1.32 bits per heavy atom. The first-order valence-electron chi connectivity index (χ1n) is 5.95. The molecule has 0 saturated heterocycles. The van der Waals surface area contributed by atoms with E-state index in [2.05, 4.69) is 10.6 Å². The Kier molecular flexibility index (Phi) is 8.77. The number of carbonyl (C=O) groups is 3. The third kappa shape index (κ3) is 9.18. The highest BCUT2D eigenvalue weighted by Crippen LogP contribution is 2.07. The van der Waals surface area contributed by atoms with Crippen molar-refractivity contribution < 1.29 is 19.5 Å². The van der Waals surface area contributed by atoms with Crippen molar-refractivity contribution in [1.82, 2.24) is 10.6 Å². The van der Waals surface area contributed by atoms with Gasteiger partial charge in [0.1, 0.15) is 6.04 Å². The number of hydrogen-bond donors (Lipinski definition) is 4. The molecule has 8 heteroatoms. The van der Waals surface area contributed by atoms with E-state index in [1.165, 1.54) is 0 Å². The molecular formula is C11H21N3O4S. The minimum Gasteiger partial charge on any atom is -0.480 e. The second-order valence-corrected chi connectivity index (χ2v) is 5.41. The number of urea groups is 1. The summed E-state index contributed by atoms with van der Waals surface area (Å²) in [7, 11) is 0. The lowest BCUT2D eigenvalue weighted by atomic mass is 10.1. The average Bonchev–Trinajstić information content (AvgIpc) is 2.33. The number of thioether (sulfide) groups is 1. The van der Waals surface area contributed by atoms with Crippen LogP contribution in [0.25, 0.3) is 0 Å². The van der Waals surface area contributed by atoms with E-state index in [0.717, 1.165) is 6.42 Å². The van der Waals surface area contributed by atoms with Gasteiger partial charge < -0.3 is 21.5 Å². The Morgan fingerprint density at radius 3 is 2.42 bits per heavy atom. The number of hydrogen-bond acceptors (Lipinski definition) is 4. The quantitative estimate of drug-likeness (QED) is 0.481. The molecule has 0 spiro atoms. The average molecular weight is 291 g/mol. The molecule has 0 saturated carbocycles. The van der Waals surface area contributed by atoms with Crippen LogP contribution in [-0.4, -0.2) is 47.1 Å². The Labute approximate surface area is 116 Å². The molecule has 0 aliphatic heterocycles. The third-order valence-electron chi connectivity index (χ3n) is 2.52. The molecule has 2 atom stereocenters. The van der Waals surface area contributed by atoms with Crippen molar-refractivity contribution in [3.63, 3.8) is 0 Å². The highest BCUT2D eigenvalue weighted by molar-refractivity contribution is 7.99. The summed E-state index contributed by atoms with van der Waals surface area (Å²) < 4.78 is 0. The molecular weight excluding hydrogens is 270 g/mol. The highest BCUT2D eigenvalue weighted by Gasteiger charge is 2.20. The van der Waals surface area contributed by atoms with Gasteiger partial charge in [-0.2, -0.15) is 11.8 Å². The molecule has 0 aromatic rings. The van der Waals surface area contributed by atoms with Crippen molar-refractivity contribution in [1.29, 1.82) is 0 Å². The molecule has 0 aliphatic carbocycles. The maximum atomic E-state index is 11.5. The number of rotatable bonds is 9. The number of nitrogens with one attached hydrogen (secondary N) is 2. The minimum absolute atomic E-state index is 0.0146. The van der Waals surface area contributed by atoms with Gasteiger partial charge >= 0.3 is 12.0 Å². The van der Waals surface area contributed by atoms with Gasteiger partial charge in [-0.15, -0.1) is 0 Å². The van der Waals surface area contributed by atoms with E-state index >= 15 is 0 Å². The second-order valence-electron chi connectivity index (χ2n) is 4.13. The molecule has 0 rings (SSSR count). The lowest BCUT2D eigenvalue weighted by molar-refractivity contribution is -0.139. The van der Waals surface area contributed by atoms with Crippen molar-refractivity contribution >= 4 is 29.7 Å². The molecule has 0 heterocycles. The molecule has 5 N–H and O–H groups in total. The predicted molar refractivity (Wildman–Crippen MR) is 74.0 cm³/mol. The number of amides is 3. The van der Waals surface area contributed by atoms with E-state index in [1.807, 2.05) is 13.2 Å². The SMILES string of the molecule is CSC(C)CCNC(=O)NC(CCC(N)=O)C(=O)O. The lowest BCUT2D eigenvalue weighted by Gasteiger charge is -2.15. The van der Waals surface area contributed by atoms with Crippen molar-refractivity contribution in [3.8, 4) is 0 Å². The van der Waals surface area contributed by atoms with Crippen LogP contribution in [0.4, 0.5) is 4.79 Å². The van der Waals surface area contributed by atoms with Crippen LogP contribution < -0.4 is 16.4 Å². The number of primary amides is 1. The van der Waals surface area contributed by atoms with Crippen LogP contribution in [-0.2, 0) is 9.59 Å². The van der Waals surface area contributed by atoms with Crippen LogP contribution in [0.15, 0.2) is 0 Å². The van der Waals surface area contributed by atoms with Crippen molar-refractivity contribution in [2.45, 2.75) is 37.5 Å². The van der Waals surface area contributed by atoms with E-state index in [-0.39, 0.29) is 12.8 Å². The molecule has 19 heavy (non-hydrogen) atoms. The van der Waals surface area contributed by atoms with Gasteiger partial charge in [0.15, 0.2) is 0 Å². The molecule has 110 valence electrons. The fourth-order valence-electron chi connectivity index (χ4n) is 1.26. The van der Waals surface area contributed by atoms with Gasteiger partial charge in [-0.3, -0.25) is 4.79 Å². The van der Waals surface area contributed by atoms with E-state index in [1.54, 1.807) is 11.8 Å². The van der Waals surface area contributed by atoms with Gasteiger partial charge in [0.2, 0.25) is 5.91 Å². The normalized spacial score (nSPS) is 13.4. The first-order valence-corrected chi connectivity index (χ1v) is 7.23. The zero-order valence-electron chi connectivity index (χ0n) is 11.1. The zero-order chi connectivity index (χ0) is 14.8. The van der Waals surface area contributed by atoms with E-state index in [9.17, 15) is 14.4 Å². The van der Waals surface area contributed by atoms with Gasteiger partial charge in [0.05, 0.1) is 0 Å². The van der Waals surface area contributed by atoms with Crippen LogP contribution in [0, 0.1) is 0 Å². The van der Waals surface area contributed by atoms with Gasteiger partial charge in [0, 0.05) is 18.2 Å². The summed E-state index contributed by atoms with van der Waals surface area (Å²) in [5.74, 6) is -1.78. The summed E-state index contributed by atoms with van der Waals surface area (Å²) in [5.41, 5.74) is 4.94. The smallest absolute Gasteiger partial charge is 0.326 e. The summed E-state index contributed by atoms with van der Waals surface area (Å²) in [6.45, 7) is 2.51. The lowest BCUT2D eigenvalue weighted by Crippen LogP contribution is -2.46. The maximum Gasteiger partial charge on any atom is 0.326 e. The number of nitrogens with two attached hydrogens (primary N) is 1. The Bertz CT molecular complexity index is 325. The number of carboxylic acid groups (broad SMARTS) is 1. The summed E-state index contributed by atoms with van der Waals surface area (Å²) in [6, 6.07) is -1.66. The number of carboxylic acids is 1. The Hall–Kier alpha value is -1.44. The second kappa shape index (κ2) is 9.48. The molecule has 3 amide bonds. The van der Waals surface area contributed by atoms with Crippen LogP contribution >= 0.6 is 11.8 Å². The van der Waals surface area contributed by atoms with Crippen molar-refractivity contribution in [2.24, 2.45) is 5.73 Å². The zero-order valence-corrected chi connectivity index (χ0v) is 12.0. The van der Waals surface area contributed by atoms with Gasteiger partial charge in [-0.25, -0.2) is 9.59 Å². The molecule has 7 nitrogen and oxygen atoms in total. The monoisotopic (exact) mass is 291 g/mol. The van der Waals surface area contributed by atoms with Gasteiger partial charge in [0.25, 0.3) is 0 Å². The summed E-state index contributed by atoms with van der Waals surface area (Å²) in [4.78, 5) is 32.9. The fraction of sp³-hybridized carbons (Fsp3) is 0.727. The largest absolute Gasteiger partial charge is 0.480 e. The minimum atomic E-state index is -1.19. The standard InChI is InChI=1S/C11H21N3O4S/c1-7(19-2)5-6-13-11(18)14-8(10(16)17)3-4-9(12)15/h7-8H,3-6H2,1-2H3,(H2,12,15)(H,16,17)(H2,13,14,18). The summed E-state index contributed by atoms with van der Waals surface area (Å²) in [5, 5.41) is 14.2. The molecule has 0 fully saturated rings. The topological polar surface area (TPSA) is 122 Å². The van der Waals surface area contributed by atoms with Crippen molar-refractivity contribution in [2.75, 3.05) is 12.8 Å². The van der Waals surface area contributed by atoms with E-state index in [0.29, 0.717) is 11.8 Å². The molecule has 0 aromatic heterocycles. The van der Waals surface area contributed by atoms with Gasteiger partial charge in [-0.1, -0.05) is 6.92 Å². The molecule has 0 aromatic carbocycles. The van der Waals surface area contributed by atoms with Crippen LogP contribution in [0.2, 0.25) is 0 Å². The molecule has 0 bridgehead atoms. The predicted octanol–water partition coefficient (Wildman–Crippen LogP) is 0.146. The Balaban J connectivity index is 4.03. The van der Waals surface area contributed by atoms with Crippen LogP contribution in [0.5, 0.6) is 0 Å². The first-order chi connectivity index (χ1) is 8.86. The third-order valence-corrected chi connectivity index (χ3v) is 3.56. The molecule has 0 aliphatic rings. The van der Waals surface area contributed by atoms with Gasteiger partial charge in [-0.05, 0) is 19.1 Å². The summed E-state index contributed by atoms with van der Waals surface area (Å²) in [6.07, 6.45) is 2.68. The first kappa shape index (κ1) is 17.6.